The third kappa shape index (κ3) is 5.12. The molecule has 7 nitrogen and oxygen atoms in total. The zero-order valence-corrected chi connectivity index (χ0v) is 18.1. The van der Waals surface area contributed by atoms with Crippen molar-refractivity contribution in [1.82, 2.24) is 5.43 Å². The molecule has 0 radical (unpaired) electrons. The zero-order valence-electron chi connectivity index (χ0n) is 17.3. The maximum absolute atomic E-state index is 12.3. The minimum Gasteiger partial charge on any atom is -0.490 e. The summed E-state index contributed by atoms with van der Waals surface area (Å²) < 4.78 is 22.1. The second kappa shape index (κ2) is 10.1. The van der Waals surface area contributed by atoms with E-state index in [2.05, 4.69) is 10.5 Å². The topological polar surface area (TPSA) is 78.4 Å². The molecule has 32 heavy (non-hydrogen) atoms. The molecular formula is C24H21ClN2O5. The first-order chi connectivity index (χ1) is 15.6. The van der Waals surface area contributed by atoms with Gasteiger partial charge in [-0.1, -0.05) is 29.8 Å². The molecule has 0 spiro atoms. The van der Waals surface area contributed by atoms with Gasteiger partial charge in [0.15, 0.2) is 23.0 Å². The lowest BCUT2D eigenvalue weighted by Gasteiger charge is -2.13. The van der Waals surface area contributed by atoms with E-state index in [1.54, 1.807) is 30.3 Å². The monoisotopic (exact) mass is 452 g/mol. The van der Waals surface area contributed by atoms with Crippen LogP contribution in [0.4, 0.5) is 0 Å². The number of fused-ring (bicyclic) bond motifs is 1. The molecule has 0 saturated carbocycles. The van der Waals surface area contributed by atoms with Crippen molar-refractivity contribution in [3.8, 4) is 23.0 Å². The number of halogens is 1. The average molecular weight is 453 g/mol. The van der Waals surface area contributed by atoms with Gasteiger partial charge in [-0.05, 0) is 55.0 Å². The van der Waals surface area contributed by atoms with E-state index in [0.29, 0.717) is 46.8 Å². The largest absolute Gasteiger partial charge is 0.490 e. The highest BCUT2D eigenvalue weighted by Crippen LogP contribution is 2.32. The van der Waals surface area contributed by atoms with Gasteiger partial charge in [0.1, 0.15) is 6.61 Å². The van der Waals surface area contributed by atoms with E-state index in [-0.39, 0.29) is 12.7 Å². The number of rotatable bonds is 8. The van der Waals surface area contributed by atoms with Crippen LogP contribution in [0.5, 0.6) is 23.0 Å². The normalized spacial score (nSPS) is 12.1. The molecule has 0 aromatic heterocycles. The summed E-state index contributed by atoms with van der Waals surface area (Å²) in [7, 11) is 0. The van der Waals surface area contributed by atoms with Crippen molar-refractivity contribution < 1.29 is 23.7 Å². The van der Waals surface area contributed by atoms with Gasteiger partial charge >= 0.3 is 0 Å². The van der Waals surface area contributed by atoms with E-state index in [1.165, 1.54) is 6.21 Å². The first-order valence-corrected chi connectivity index (χ1v) is 10.4. The molecule has 1 aliphatic rings. The van der Waals surface area contributed by atoms with Crippen molar-refractivity contribution in [2.75, 3.05) is 13.4 Å². The fourth-order valence-electron chi connectivity index (χ4n) is 3.03. The van der Waals surface area contributed by atoms with Gasteiger partial charge in [0.25, 0.3) is 5.91 Å². The Balaban J connectivity index is 1.41. The van der Waals surface area contributed by atoms with Crippen LogP contribution in [0.3, 0.4) is 0 Å². The van der Waals surface area contributed by atoms with Gasteiger partial charge in [0.05, 0.1) is 12.8 Å². The number of hydrazone groups is 1. The second-order valence-corrected chi connectivity index (χ2v) is 7.19. The summed E-state index contributed by atoms with van der Waals surface area (Å²) in [5.41, 5.74) is 4.55. The van der Waals surface area contributed by atoms with Gasteiger partial charge in [0.2, 0.25) is 6.79 Å². The highest BCUT2D eigenvalue weighted by atomic mass is 35.5. The van der Waals surface area contributed by atoms with Crippen molar-refractivity contribution in [1.29, 1.82) is 0 Å². The maximum Gasteiger partial charge on any atom is 0.271 e. The lowest BCUT2D eigenvalue weighted by Crippen LogP contribution is -2.17. The number of carbonyl (C=O) groups is 1. The predicted octanol–water partition coefficient (Wildman–Crippen LogP) is 4.81. The molecule has 0 atom stereocenters. The van der Waals surface area contributed by atoms with Crippen LogP contribution in [0.2, 0.25) is 5.02 Å². The number of nitrogens with one attached hydrogen (secondary N) is 1. The van der Waals surface area contributed by atoms with Gasteiger partial charge in [-0.3, -0.25) is 4.79 Å². The maximum atomic E-state index is 12.3. The molecule has 0 fully saturated rings. The van der Waals surface area contributed by atoms with Crippen LogP contribution in [0.1, 0.15) is 28.4 Å². The Morgan fingerprint density at radius 3 is 2.75 bits per heavy atom. The van der Waals surface area contributed by atoms with Gasteiger partial charge in [-0.2, -0.15) is 5.10 Å². The van der Waals surface area contributed by atoms with Gasteiger partial charge in [0, 0.05) is 16.1 Å². The number of benzene rings is 3. The fourth-order valence-corrected chi connectivity index (χ4v) is 3.22. The number of hydrogen-bond donors (Lipinski definition) is 1. The molecule has 1 N–H and O–H groups in total. The molecule has 1 aliphatic heterocycles. The van der Waals surface area contributed by atoms with Crippen molar-refractivity contribution >= 4 is 23.7 Å². The van der Waals surface area contributed by atoms with E-state index < -0.39 is 0 Å². The van der Waals surface area contributed by atoms with Crippen LogP contribution in [-0.2, 0) is 6.61 Å². The Kier molecular flexibility index (Phi) is 6.77. The summed E-state index contributed by atoms with van der Waals surface area (Å²) in [6.45, 7) is 2.84. The summed E-state index contributed by atoms with van der Waals surface area (Å²) in [4.78, 5) is 12.3. The Bertz CT molecular complexity index is 1150. The predicted molar refractivity (Wildman–Crippen MR) is 121 cm³/mol. The van der Waals surface area contributed by atoms with Crippen molar-refractivity contribution in [2.45, 2.75) is 13.5 Å². The summed E-state index contributed by atoms with van der Waals surface area (Å²) >= 11 is 6.20. The van der Waals surface area contributed by atoms with Gasteiger partial charge in [-0.15, -0.1) is 0 Å². The van der Waals surface area contributed by atoms with Crippen LogP contribution in [0, 0.1) is 0 Å². The number of hydrogen-bond acceptors (Lipinski definition) is 6. The molecule has 3 aromatic carbocycles. The lowest BCUT2D eigenvalue weighted by atomic mass is 10.2. The molecule has 0 saturated heterocycles. The highest BCUT2D eigenvalue weighted by Gasteiger charge is 2.16. The Morgan fingerprint density at radius 2 is 1.91 bits per heavy atom. The number of carbonyl (C=O) groups excluding carboxylic acids is 1. The molecule has 0 unspecified atom stereocenters. The Hall–Kier alpha value is -3.71. The van der Waals surface area contributed by atoms with Gasteiger partial charge < -0.3 is 18.9 Å². The minimum absolute atomic E-state index is 0.152. The van der Waals surface area contributed by atoms with E-state index in [4.69, 9.17) is 30.5 Å². The second-order valence-electron chi connectivity index (χ2n) is 6.79. The fraction of sp³-hybridized carbons (Fsp3) is 0.167. The van der Waals surface area contributed by atoms with E-state index in [1.807, 2.05) is 37.3 Å². The molecule has 0 aliphatic carbocycles. The molecule has 164 valence electrons. The van der Waals surface area contributed by atoms with Gasteiger partial charge in [-0.25, -0.2) is 5.43 Å². The van der Waals surface area contributed by atoms with Crippen LogP contribution in [0.15, 0.2) is 65.8 Å². The third-order valence-corrected chi connectivity index (χ3v) is 4.99. The van der Waals surface area contributed by atoms with E-state index >= 15 is 0 Å². The number of ether oxygens (including phenoxy) is 4. The standard InChI is InChI=1S/C24H21ClN2O5/c1-2-29-22-11-16(7-9-20(22)30-14-18-5-3-4-6-19(18)25)13-26-27-24(28)17-8-10-21-23(12-17)32-15-31-21/h3-13H,2,14-15H2,1H3,(H,27,28). The summed E-state index contributed by atoms with van der Waals surface area (Å²) in [6, 6.07) is 17.9. The SMILES string of the molecule is CCOc1cc(C=NNC(=O)c2ccc3c(c2)OCO3)ccc1OCc1ccccc1Cl. The van der Waals surface area contributed by atoms with Crippen LogP contribution >= 0.6 is 11.6 Å². The van der Waals surface area contributed by atoms with Crippen molar-refractivity contribution in [3.63, 3.8) is 0 Å². The number of amides is 1. The Labute approximate surface area is 190 Å². The van der Waals surface area contributed by atoms with Crippen molar-refractivity contribution in [2.24, 2.45) is 5.10 Å². The van der Waals surface area contributed by atoms with E-state index in [9.17, 15) is 4.79 Å². The summed E-state index contributed by atoms with van der Waals surface area (Å²) in [5.74, 6) is 1.96. The smallest absolute Gasteiger partial charge is 0.271 e. The molecule has 4 rings (SSSR count). The van der Waals surface area contributed by atoms with E-state index in [0.717, 1.165) is 11.1 Å². The van der Waals surface area contributed by atoms with Crippen LogP contribution in [-0.4, -0.2) is 25.5 Å². The molecule has 1 amide bonds. The van der Waals surface area contributed by atoms with Crippen LogP contribution in [0.25, 0.3) is 0 Å². The molecular weight excluding hydrogens is 432 g/mol. The zero-order chi connectivity index (χ0) is 22.3. The van der Waals surface area contributed by atoms with Crippen molar-refractivity contribution in [3.05, 3.63) is 82.4 Å². The number of nitrogens with zero attached hydrogens (tertiary/aromatic N) is 1. The third-order valence-electron chi connectivity index (χ3n) is 4.62. The Morgan fingerprint density at radius 1 is 1.06 bits per heavy atom. The summed E-state index contributed by atoms with van der Waals surface area (Å²) in [6.07, 6.45) is 1.53. The first kappa shape index (κ1) is 21.5. The first-order valence-electron chi connectivity index (χ1n) is 10.00. The summed E-state index contributed by atoms with van der Waals surface area (Å²) in [5, 5.41) is 4.68. The lowest BCUT2D eigenvalue weighted by molar-refractivity contribution is 0.0954. The molecule has 0 bridgehead atoms. The minimum atomic E-state index is -0.357. The molecule has 3 aromatic rings. The molecule has 1 heterocycles. The average Bonchev–Trinajstić information content (AvgIpc) is 3.27. The molecule has 8 heteroatoms. The van der Waals surface area contributed by atoms with Crippen LogP contribution < -0.4 is 24.4 Å². The quantitative estimate of drug-likeness (QED) is 0.392. The highest BCUT2D eigenvalue weighted by molar-refractivity contribution is 6.31.